The minimum Gasteiger partial charge on any atom is -0.379 e. The molecule has 3 aliphatic rings. The first-order valence-electron chi connectivity index (χ1n) is 8.81. The molecule has 0 saturated heterocycles. The zero-order chi connectivity index (χ0) is 14.7. The van der Waals surface area contributed by atoms with Gasteiger partial charge in [-0.15, -0.1) is 24.0 Å². The zero-order valence-electron chi connectivity index (χ0n) is 14.1. The van der Waals surface area contributed by atoms with Gasteiger partial charge in [0, 0.05) is 33.3 Å². The maximum Gasteiger partial charge on any atom is 0.193 e. The Morgan fingerprint density at radius 1 is 1.27 bits per heavy atom. The van der Waals surface area contributed by atoms with E-state index in [-0.39, 0.29) is 24.0 Å². The molecule has 0 amide bonds. The average Bonchev–Trinajstić information content (AvgIpc) is 3.33. The zero-order valence-corrected chi connectivity index (χ0v) is 16.5. The van der Waals surface area contributed by atoms with Crippen molar-refractivity contribution in [1.82, 2.24) is 10.2 Å². The van der Waals surface area contributed by atoms with Crippen LogP contribution in [-0.4, -0.2) is 50.8 Å². The van der Waals surface area contributed by atoms with Crippen molar-refractivity contribution in [2.75, 3.05) is 39.9 Å². The molecule has 0 aromatic carbocycles. The Kier molecular flexibility index (Phi) is 6.80. The maximum absolute atomic E-state index is 5.74. The summed E-state index contributed by atoms with van der Waals surface area (Å²) in [4.78, 5) is 7.13. The van der Waals surface area contributed by atoms with E-state index in [9.17, 15) is 0 Å². The number of nitrogens with zero attached hydrogens (tertiary/aromatic N) is 2. The number of ether oxygens (including phenoxy) is 1. The van der Waals surface area contributed by atoms with E-state index in [1.165, 1.54) is 38.5 Å². The highest BCUT2D eigenvalue weighted by Crippen LogP contribution is 2.61. The topological polar surface area (TPSA) is 36.9 Å². The van der Waals surface area contributed by atoms with Crippen LogP contribution in [0.2, 0.25) is 0 Å². The van der Waals surface area contributed by atoms with Gasteiger partial charge in [0.1, 0.15) is 0 Å². The molecule has 22 heavy (non-hydrogen) atoms. The van der Waals surface area contributed by atoms with E-state index in [0.717, 1.165) is 50.6 Å². The van der Waals surface area contributed by atoms with Gasteiger partial charge >= 0.3 is 0 Å². The molecule has 4 nitrogen and oxygen atoms in total. The van der Waals surface area contributed by atoms with Gasteiger partial charge in [0.05, 0.1) is 6.61 Å². The number of nitrogens with one attached hydrogen (secondary N) is 1. The molecule has 0 bridgehead atoms. The molecule has 3 aliphatic carbocycles. The number of hydrogen-bond donors (Lipinski definition) is 1. The lowest BCUT2D eigenvalue weighted by Gasteiger charge is -2.23. The SMILES string of the molecule is CCNC(=NCC1(C2CC2)CC1)N(C)CCOCC1CC1.I. The van der Waals surface area contributed by atoms with Crippen LogP contribution in [0, 0.1) is 17.3 Å². The molecule has 5 heteroatoms. The Balaban J connectivity index is 0.00000176. The highest BCUT2D eigenvalue weighted by atomic mass is 127. The monoisotopic (exact) mass is 421 g/mol. The third-order valence-electron chi connectivity index (χ3n) is 5.20. The third-order valence-corrected chi connectivity index (χ3v) is 5.20. The van der Waals surface area contributed by atoms with Gasteiger partial charge in [-0.05, 0) is 62.7 Å². The van der Waals surface area contributed by atoms with Gasteiger partial charge in [-0.2, -0.15) is 0 Å². The van der Waals surface area contributed by atoms with Crippen molar-refractivity contribution in [3.05, 3.63) is 0 Å². The second-order valence-electron chi connectivity index (χ2n) is 7.25. The van der Waals surface area contributed by atoms with E-state index < -0.39 is 0 Å². The maximum atomic E-state index is 5.74. The number of rotatable bonds is 9. The van der Waals surface area contributed by atoms with Crippen molar-refractivity contribution < 1.29 is 4.74 Å². The van der Waals surface area contributed by atoms with Crippen molar-refractivity contribution in [1.29, 1.82) is 0 Å². The number of halogens is 1. The molecule has 3 saturated carbocycles. The van der Waals surface area contributed by atoms with Crippen molar-refractivity contribution >= 4 is 29.9 Å². The van der Waals surface area contributed by atoms with Crippen LogP contribution < -0.4 is 5.32 Å². The van der Waals surface area contributed by atoms with Gasteiger partial charge in [-0.3, -0.25) is 4.99 Å². The molecule has 1 N–H and O–H groups in total. The summed E-state index contributed by atoms with van der Waals surface area (Å²) in [5.41, 5.74) is 0.587. The molecule has 3 rings (SSSR count). The van der Waals surface area contributed by atoms with Gasteiger partial charge in [0.2, 0.25) is 0 Å². The van der Waals surface area contributed by atoms with Crippen molar-refractivity contribution in [3.63, 3.8) is 0 Å². The largest absolute Gasteiger partial charge is 0.379 e. The lowest BCUT2D eigenvalue weighted by Crippen LogP contribution is -2.41. The minimum atomic E-state index is 0. The number of hydrogen-bond acceptors (Lipinski definition) is 2. The fourth-order valence-electron chi connectivity index (χ4n) is 3.10. The second-order valence-corrected chi connectivity index (χ2v) is 7.25. The molecule has 0 heterocycles. The van der Waals surface area contributed by atoms with Crippen LogP contribution in [0.25, 0.3) is 0 Å². The molecule has 0 atom stereocenters. The summed E-state index contributed by atoms with van der Waals surface area (Å²) in [5, 5.41) is 3.42. The number of likely N-dealkylation sites (N-methyl/N-ethyl adjacent to an activating group) is 1. The normalized spacial score (nSPS) is 22.9. The molecule has 0 aromatic rings. The van der Waals surface area contributed by atoms with Crippen LogP contribution in [0.3, 0.4) is 0 Å². The highest BCUT2D eigenvalue weighted by molar-refractivity contribution is 14.0. The fourth-order valence-corrected chi connectivity index (χ4v) is 3.10. The van der Waals surface area contributed by atoms with Gasteiger partial charge in [0.15, 0.2) is 5.96 Å². The first-order valence-corrected chi connectivity index (χ1v) is 8.81. The van der Waals surface area contributed by atoms with Gasteiger partial charge in [-0.1, -0.05) is 0 Å². The summed E-state index contributed by atoms with van der Waals surface area (Å²) < 4.78 is 5.74. The summed E-state index contributed by atoms with van der Waals surface area (Å²) in [6.07, 6.45) is 8.41. The van der Waals surface area contributed by atoms with Crippen LogP contribution in [0.4, 0.5) is 0 Å². The summed E-state index contributed by atoms with van der Waals surface area (Å²) in [7, 11) is 2.12. The van der Waals surface area contributed by atoms with Crippen LogP contribution in [0.5, 0.6) is 0 Å². The van der Waals surface area contributed by atoms with Crippen molar-refractivity contribution in [3.8, 4) is 0 Å². The fraction of sp³-hybridized carbons (Fsp3) is 0.941. The molecular formula is C17H32IN3O. The minimum absolute atomic E-state index is 0. The van der Waals surface area contributed by atoms with Crippen molar-refractivity contribution in [2.45, 2.75) is 45.4 Å². The third kappa shape index (κ3) is 5.25. The Morgan fingerprint density at radius 2 is 2.00 bits per heavy atom. The number of aliphatic imine (C=N–C) groups is 1. The molecule has 128 valence electrons. The van der Waals surface area contributed by atoms with Gasteiger partial charge in [0.25, 0.3) is 0 Å². The van der Waals surface area contributed by atoms with E-state index in [4.69, 9.17) is 9.73 Å². The molecular weight excluding hydrogens is 389 g/mol. The molecule has 3 fully saturated rings. The van der Waals surface area contributed by atoms with Crippen LogP contribution in [0.1, 0.15) is 45.4 Å². The predicted octanol–water partition coefficient (Wildman–Crippen LogP) is 3.12. The van der Waals surface area contributed by atoms with E-state index >= 15 is 0 Å². The molecule has 0 aromatic heterocycles. The van der Waals surface area contributed by atoms with Crippen LogP contribution in [-0.2, 0) is 4.74 Å². The molecule has 0 unspecified atom stereocenters. The molecule has 0 aliphatic heterocycles. The van der Waals surface area contributed by atoms with Crippen LogP contribution in [0.15, 0.2) is 4.99 Å². The van der Waals surface area contributed by atoms with Gasteiger partial charge in [-0.25, -0.2) is 0 Å². The Hall–Kier alpha value is -0.0400. The first kappa shape index (κ1) is 18.3. The lowest BCUT2D eigenvalue weighted by atomic mass is 10.0. The Bertz CT molecular complexity index is 376. The molecule has 0 spiro atoms. The summed E-state index contributed by atoms with van der Waals surface area (Å²) in [5.74, 6) is 2.89. The summed E-state index contributed by atoms with van der Waals surface area (Å²) in [6.45, 7) is 6.78. The number of guanidine groups is 1. The van der Waals surface area contributed by atoms with Gasteiger partial charge < -0.3 is 15.0 Å². The van der Waals surface area contributed by atoms with Crippen molar-refractivity contribution in [2.24, 2.45) is 22.2 Å². The summed E-state index contributed by atoms with van der Waals surface area (Å²) >= 11 is 0. The standard InChI is InChI=1S/C17H31N3O.HI/c1-3-18-16(19-13-17(8-9-17)15-6-7-15)20(2)10-11-21-12-14-4-5-14;/h14-15H,3-13H2,1-2H3,(H,18,19);1H. The average molecular weight is 421 g/mol. The highest BCUT2D eigenvalue weighted by Gasteiger charge is 2.53. The lowest BCUT2D eigenvalue weighted by molar-refractivity contribution is 0.115. The van der Waals surface area contributed by atoms with E-state index in [1.807, 2.05) is 0 Å². The second kappa shape index (κ2) is 8.18. The van der Waals surface area contributed by atoms with E-state index in [1.54, 1.807) is 0 Å². The Morgan fingerprint density at radius 3 is 2.55 bits per heavy atom. The predicted molar refractivity (Wildman–Crippen MR) is 102 cm³/mol. The first-order chi connectivity index (χ1) is 10.2. The summed E-state index contributed by atoms with van der Waals surface area (Å²) in [6, 6.07) is 0. The molecule has 0 radical (unpaired) electrons. The van der Waals surface area contributed by atoms with E-state index in [2.05, 4.69) is 24.2 Å². The Labute approximate surface area is 152 Å². The smallest absolute Gasteiger partial charge is 0.193 e. The van der Waals surface area contributed by atoms with E-state index in [0.29, 0.717) is 5.41 Å². The quantitative estimate of drug-likeness (QED) is 0.269. The van der Waals surface area contributed by atoms with Crippen LogP contribution >= 0.6 is 24.0 Å².